The number of hydrogen-bond acceptors (Lipinski definition) is 4. The van der Waals surface area contributed by atoms with E-state index >= 15 is 0 Å². The number of carbonyl (C=O) groups is 2. The van der Waals surface area contributed by atoms with Gasteiger partial charge in [0.1, 0.15) is 5.76 Å². The average molecular weight is 346 g/mol. The third kappa shape index (κ3) is 3.99. The maximum absolute atomic E-state index is 11.7. The summed E-state index contributed by atoms with van der Waals surface area (Å²) in [6.07, 6.45) is 0. The minimum atomic E-state index is -1.12. The van der Waals surface area contributed by atoms with E-state index in [0.717, 1.165) is 11.1 Å². The van der Waals surface area contributed by atoms with Gasteiger partial charge in [-0.1, -0.05) is 26.0 Å². The van der Waals surface area contributed by atoms with Crippen molar-refractivity contribution in [3.05, 3.63) is 41.7 Å². The fourth-order valence-electron chi connectivity index (χ4n) is 2.05. The molecular formula is C17H18N2O4S. The van der Waals surface area contributed by atoms with Gasteiger partial charge in [-0.3, -0.25) is 4.79 Å². The molecule has 1 aromatic carbocycles. The Kier molecular flexibility index (Phi) is 5.35. The van der Waals surface area contributed by atoms with Crippen LogP contribution in [0.4, 0.5) is 5.69 Å². The summed E-state index contributed by atoms with van der Waals surface area (Å²) in [4.78, 5) is 22.6. The number of rotatable bonds is 4. The lowest BCUT2D eigenvalue weighted by molar-refractivity contribution is -0.122. The van der Waals surface area contributed by atoms with Crippen LogP contribution in [-0.4, -0.2) is 22.1 Å². The van der Waals surface area contributed by atoms with Gasteiger partial charge in [0, 0.05) is 17.2 Å². The topological polar surface area (TPSA) is 91.6 Å². The largest absolute Gasteiger partial charge is 0.475 e. The number of furan rings is 1. The lowest BCUT2D eigenvalue weighted by atomic mass is 10.0. The third-order valence-corrected chi connectivity index (χ3v) is 3.63. The maximum atomic E-state index is 11.7. The number of aromatic carboxylic acids is 1. The fourth-order valence-corrected chi connectivity index (χ4v) is 2.26. The third-order valence-electron chi connectivity index (χ3n) is 3.43. The zero-order valence-corrected chi connectivity index (χ0v) is 14.4. The number of thiocarbonyl (C=S) groups is 1. The molecule has 3 N–H and O–H groups in total. The number of carboxylic acid groups (broad SMARTS) is 1. The van der Waals surface area contributed by atoms with Crippen LogP contribution in [0.3, 0.4) is 0 Å². The Bertz CT molecular complexity index is 796. The first-order chi connectivity index (χ1) is 11.3. The summed E-state index contributed by atoms with van der Waals surface area (Å²) in [5.41, 5.74) is 2.27. The summed E-state index contributed by atoms with van der Waals surface area (Å²) in [5, 5.41) is 14.8. The molecule has 0 unspecified atom stereocenters. The van der Waals surface area contributed by atoms with Gasteiger partial charge in [-0.05, 0) is 42.9 Å². The molecule has 0 aliphatic heterocycles. The van der Waals surface area contributed by atoms with Crippen LogP contribution >= 0.6 is 12.2 Å². The van der Waals surface area contributed by atoms with Crippen molar-refractivity contribution in [2.75, 3.05) is 5.32 Å². The van der Waals surface area contributed by atoms with Crippen molar-refractivity contribution >= 4 is 34.9 Å². The SMILES string of the molecule is Cc1c(NC(=S)NC(=O)C(C)C)cccc1-c1ccc(C(=O)O)o1. The van der Waals surface area contributed by atoms with Crippen LogP contribution in [0.1, 0.15) is 30.0 Å². The molecule has 2 aromatic rings. The molecule has 24 heavy (non-hydrogen) atoms. The predicted octanol–water partition coefficient (Wildman–Crippen LogP) is 3.42. The highest BCUT2D eigenvalue weighted by Crippen LogP contribution is 2.30. The summed E-state index contributed by atoms with van der Waals surface area (Å²) in [6, 6.07) is 8.44. The summed E-state index contributed by atoms with van der Waals surface area (Å²) >= 11 is 5.15. The molecule has 1 amide bonds. The van der Waals surface area contributed by atoms with E-state index < -0.39 is 5.97 Å². The molecule has 0 aliphatic rings. The fraction of sp³-hybridized carbons (Fsp3) is 0.235. The maximum Gasteiger partial charge on any atom is 0.371 e. The van der Waals surface area contributed by atoms with Crippen LogP contribution in [0.25, 0.3) is 11.3 Å². The Morgan fingerprint density at radius 1 is 1.21 bits per heavy atom. The highest BCUT2D eigenvalue weighted by molar-refractivity contribution is 7.80. The van der Waals surface area contributed by atoms with Crippen molar-refractivity contribution in [3.8, 4) is 11.3 Å². The quantitative estimate of drug-likeness (QED) is 0.735. The van der Waals surface area contributed by atoms with Crippen LogP contribution in [0.5, 0.6) is 0 Å². The van der Waals surface area contributed by atoms with Gasteiger partial charge in [0.25, 0.3) is 0 Å². The van der Waals surface area contributed by atoms with Gasteiger partial charge in [0.2, 0.25) is 11.7 Å². The summed E-state index contributed by atoms with van der Waals surface area (Å²) in [6.45, 7) is 5.41. The number of hydrogen-bond donors (Lipinski definition) is 3. The van der Waals surface area contributed by atoms with E-state index in [1.807, 2.05) is 19.1 Å². The minimum Gasteiger partial charge on any atom is -0.475 e. The number of anilines is 1. The van der Waals surface area contributed by atoms with Gasteiger partial charge in [0.05, 0.1) is 0 Å². The standard InChI is InChI=1S/C17H18N2O4S/c1-9(2)15(20)19-17(24)18-12-6-4-5-11(10(12)3)13-7-8-14(23-13)16(21)22/h4-9H,1-3H3,(H,21,22)(H2,18,19,20,24). The van der Waals surface area contributed by atoms with E-state index in [2.05, 4.69) is 10.6 Å². The molecule has 0 saturated heterocycles. The highest BCUT2D eigenvalue weighted by atomic mass is 32.1. The Labute approximate surface area is 144 Å². The zero-order chi connectivity index (χ0) is 17.9. The first-order valence-electron chi connectivity index (χ1n) is 7.34. The van der Waals surface area contributed by atoms with Gasteiger partial charge < -0.3 is 20.2 Å². The number of carboxylic acids is 1. The molecule has 1 heterocycles. The molecule has 7 heteroatoms. The zero-order valence-electron chi connectivity index (χ0n) is 13.5. The molecule has 2 rings (SSSR count). The molecule has 0 aliphatic carbocycles. The lowest BCUT2D eigenvalue weighted by Crippen LogP contribution is -2.36. The van der Waals surface area contributed by atoms with Crippen LogP contribution in [0, 0.1) is 12.8 Å². The predicted molar refractivity (Wildman–Crippen MR) is 95.0 cm³/mol. The molecule has 6 nitrogen and oxygen atoms in total. The molecule has 0 radical (unpaired) electrons. The average Bonchev–Trinajstić information content (AvgIpc) is 2.99. The number of carbonyl (C=O) groups excluding carboxylic acids is 1. The first-order valence-corrected chi connectivity index (χ1v) is 7.75. The second-order valence-electron chi connectivity index (χ2n) is 5.55. The summed E-state index contributed by atoms with van der Waals surface area (Å²) in [7, 11) is 0. The number of benzene rings is 1. The Hall–Kier alpha value is -2.67. The van der Waals surface area contributed by atoms with Crippen molar-refractivity contribution in [2.45, 2.75) is 20.8 Å². The summed E-state index contributed by atoms with van der Waals surface area (Å²) in [5.74, 6) is -1.13. The number of nitrogens with one attached hydrogen (secondary N) is 2. The van der Waals surface area contributed by atoms with Crippen molar-refractivity contribution in [1.82, 2.24) is 5.32 Å². The Balaban J connectivity index is 2.22. The second kappa shape index (κ2) is 7.27. The van der Waals surface area contributed by atoms with Crippen molar-refractivity contribution < 1.29 is 19.1 Å². The lowest BCUT2D eigenvalue weighted by Gasteiger charge is -2.14. The van der Waals surface area contributed by atoms with Crippen molar-refractivity contribution in [2.24, 2.45) is 5.92 Å². The van der Waals surface area contributed by atoms with Crippen LogP contribution in [0.15, 0.2) is 34.7 Å². The van der Waals surface area contributed by atoms with Gasteiger partial charge in [0.15, 0.2) is 5.11 Å². The summed E-state index contributed by atoms with van der Waals surface area (Å²) < 4.78 is 5.34. The smallest absolute Gasteiger partial charge is 0.371 e. The van der Waals surface area contributed by atoms with E-state index in [9.17, 15) is 9.59 Å². The Morgan fingerprint density at radius 3 is 2.50 bits per heavy atom. The molecular weight excluding hydrogens is 328 g/mol. The molecule has 0 atom stereocenters. The number of amides is 1. The van der Waals surface area contributed by atoms with Gasteiger partial charge in [-0.2, -0.15) is 0 Å². The van der Waals surface area contributed by atoms with Gasteiger partial charge in [-0.25, -0.2) is 4.79 Å². The molecule has 0 spiro atoms. The van der Waals surface area contributed by atoms with Crippen molar-refractivity contribution in [1.29, 1.82) is 0 Å². The monoisotopic (exact) mass is 346 g/mol. The van der Waals surface area contributed by atoms with Crippen LogP contribution in [-0.2, 0) is 4.79 Å². The van der Waals surface area contributed by atoms with Crippen LogP contribution in [0.2, 0.25) is 0 Å². The molecule has 0 fully saturated rings. The Morgan fingerprint density at radius 2 is 1.92 bits per heavy atom. The first kappa shape index (κ1) is 17.7. The molecule has 1 aromatic heterocycles. The van der Waals surface area contributed by atoms with E-state index in [0.29, 0.717) is 11.4 Å². The normalized spacial score (nSPS) is 10.5. The van der Waals surface area contributed by atoms with E-state index in [1.165, 1.54) is 6.07 Å². The van der Waals surface area contributed by atoms with Gasteiger partial charge >= 0.3 is 5.97 Å². The highest BCUT2D eigenvalue weighted by Gasteiger charge is 2.15. The molecule has 0 saturated carbocycles. The van der Waals surface area contributed by atoms with Gasteiger partial charge in [-0.15, -0.1) is 0 Å². The molecule has 126 valence electrons. The van der Waals surface area contributed by atoms with E-state index in [-0.39, 0.29) is 22.7 Å². The second-order valence-corrected chi connectivity index (χ2v) is 5.95. The van der Waals surface area contributed by atoms with Crippen LogP contribution < -0.4 is 10.6 Å². The minimum absolute atomic E-state index is 0.123. The molecule has 0 bridgehead atoms. The van der Waals surface area contributed by atoms with E-state index in [4.69, 9.17) is 21.7 Å². The van der Waals surface area contributed by atoms with Crippen molar-refractivity contribution in [3.63, 3.8) is 0 Å². The van der Waals surface area contributed by atoms with E-state index in [1.54, 1.807) is 26.0 Å².